The van der Waals surface area contributed by atoms with Crippen LogP contribution in [0, 0.1) is 0 Å². The fourth-order valence-electron chi connectivity index (χ4n) is 3.63. The van der Waals surface area contributed by atoms with E-state index in [0.29, 0.717) is 32.1 Å². The molecule has 7 nitrogen and oxygen atoms in total. The summed E-state index contributed by atoms with van der Waals surface area (Å²) in [5, 5.41) is 15.5. The zero-order valence-corrected chi connectivity index (χ0v) is 20.9. The van der Waals surface area contributed by atoms with Crippen LogP contribution in [0.3, 0.4) is 0 Å². The molecule has 34 heavy (non-hydrogen) atoms. The van der Waals surface area contributed by atoms with Crippen molar-refractivity contribution in [3.8, 4) is 22.9 Å². The van der Waals surface area contributed by atoms with Gasteiger partial charge in [-0.15, -0.1) is 0 Å². The first-order valence-corrected chi connectivity index (χ1v) is 11.6. The summed E-state index contributed by atoms with van der Waals surface area (Å²) in [7, 11) is 3.57. The minimum atomic E-state index is -0.633. The lowest BCUT2D eigenvalue weighted by Crippen LogP contribution is -2.38. The number of aryl methyl sites for hydroxylation is 1. The SMILES string of the molecule is COCCN(Cc1c(-c2ccccc2)nn(C)c1Oc1ccccc1)C[C@H](O)COC(C)(C)C. The van der Waals surface area contributed by atoms with Gasteiger partial charge in [-0.1, -0.05) is 48.5 Å². The Kier molecular flexibility index (Phi) is 9.24. The third-order valence-corrected chi connectivity index (χ3v) is 5.26. The highest BCUT2D eigenvalue weighted by molar-refractivity contribution is 5.65. The molecule has 0 saturated heterocycles. The molecule has 1 aromatic heterocycles. The largest absolute Gasteiger partial charge is 0.439 e. The molecule has 0 aliphatic heterocycles. The second-order valence-corrected chi connectivity index (χ2v) is 9.34. The van der Waals surface area contributed by atoms with Crippen LogP contribution >= 0.6 is 0 Å². The standard InChI is InChI=1S/C27H37N3O4/c1-27(2,3)33-20-22(31)18-30(16-17-32-5)19-24-25(21-12-8-6-9-13-21)28-29(4)26(24)34-23-14-10-7-11-15-23/h6-15,22,31H,16-20H2,1-5H3/t22-/m0/s1. The molecule has 0 saturated carbocycles. The molecule has 0 aliphatic carbocycles. The van der Waals surface area contributed by atoms with Gasteiger partial charge >= 0.3 is 0 Å². The zero-order valence-electron chi connectivity index (χ0n) is 20.9. The maximum Gasteiger partial charge on any atom is 0.222 e. The van der Waals surface area contributed by atoms with Gasteiger partial charge in [-0.25, -0.2) is 4.68 Å². The average molecular weight is 468 g/mol. The summed E-state index contributed by atoms with van der Waals surface area (Å²) < 4.78 is 19.2. The molecule has 0 spiro atoms. The summed E-state index contributed by atoms with van der Waals surface area (Å²) in [4.78, 5) is 2.15. The van der Waals surface area contributed by atoms with Gasteiger partial charge in [0.1, 0.15) is 11.4 Å². The number of hydrogen-bond acceptors (Lipinski definition) is 6. The molecule has 0 aliphatic rings. The quantitative estimate of drug-likeness (QED) is 0.423. The van der Waals surface area contributed by atoms with Crippen LogP contribution in [-0.2, 0) is 23.1 Å². The minimum Gasteiger partial charge on any atom is -0.439 e. The van der Waals surface area contributed by atoms with Crippen molar-refractivity contribution in [2.24, 2.45) is 7.05 Å². The van der Waals surface area contributed by atoms with E-state index in [2.05, 4.69) is 4.90 Å². The number of hydrogen-bond donors (Lipinski definition) is 1. The fourth-order valence-corrected chi connectivity index (χ4v) is 3.63. The fraction of sp³-hybridized carbons (Fsp3) is 0.444. The molecule has 1 atom stereocenters. The first-order valence-electron chi connectivity index (χ1n) is 11.6. The van der Waals surface area contributed by atoms with Gasteiger partial charge in [0.05, 0.1) is 30.5 Å². The van der Waals surface area contributed by atoms with E-state index in [-0.39, 0.29) is 12.2 Å². The van der Waals surface area contributed by atoms with Gasteiger partial charge in [0, 0.05) is 39.4 Å². The molecular formula is C27H37N3O4. The van der Waals surface area contributed by atoms with Crippen molar-refractivity contribution in [2.45, 2.75) is 39.0 Å². The summed E-state index contributed by atoms with van der Waals surface area (Å²) in [6.45, 7) is 8.38. The molecule has 184 valence electrons. The van der Waals surface area contributed by atoms with E-state index in [1.54, 1.807) is 11.8 Å². The van der Waals surface area contributed by atoms with Crippen molar-refractivity contribution >= 4 is 0 Å². The number of benzene rings is 2. The maximum atomic E-state index is 10.7. The smallest absolute Gasteiger partial charge is 0.222 e. The van der Waals surface area contributed by atoms with Gasteiger partial charge < -0.3 is 19.3 Å². The predicted octanol–water partition coefficient (Wildman–Crippen LogP) is 4.50. The second kappa shape index (κ2) is 12.1. The van der Waals surface area contributed by atoms with Crippen LogP contribution in [0.15, 0.2) is 60.7 Å². The second-order valence-electron chi connectivity index (χ2n) is 9.34. The lowest BCUT2D eigenvalue weighted by Gasteiger charge is -2.27. The lowest BCUT2D eigenvalue weighted by atomic mass is 10.1. The van der Waals surface area contributed by atoms with Crippen LogP contribution in [0.25, 0.3) is 11.3 Å². The summed E-state index contributed by atoms with van der Waals surface area (Å²) in [5.41, 5.74) is 2.52. The van der Waals surface area contributed by atoms with Gasteiger partial charge in [-0.05, 0) is 32.9 Å². The van der Waals surface area contributed by atoms with Gasteiger partial charge in [-0.2, -0.15) is 5.10 Å². The van der Waals surface area contributed by atoms with Crippen LogP contribution in [-0.4, -0.2) is 64.9 Å². The zero-order chi connectivity index (χ0) is 24.6. The number of ether oxygens (including phenoxy) is 3. The molecule has 7 heteroatoms. The average Bonchev–Trinajstić information content (AvgIpc) is 3.12. The Balaban J connectivity index is 1.91. The Morgan fingerprint density at radius 1 is 1.03 bits per heavy atom. The number of nitrogens with zero attached hydrogens (tertiary/aromatic N) is 3. The number of para-hydroxylation sites is 1. The normalized spacial score (nSPS) is 12.8. The van der Waals surface area contributed by atoms with E-state index in [9.17, 15) is 5.11 Å². The Morgan fingerprint density at radius 3 is 2.29 bits per heavy atom. The van der Waals surface area contributed by atoms with Crippen LogP contribution in [0.4, 0.5) is 0 Å². The van der Waals surface area contributed by atoms with Gasteiger partial charge in [-0.3, -0.25) is 4.90 Å². The molecule has 1 heterocycles. The lowest BCUT2D eigenvalue weighted by molar-refractivity contribution is -0.0576. The van der Waals surface area contributed by atoms with E-state index >= 15 is 0 Å². The van der Waals surface area contributed by atoms with E-state index in [0.717, 1.165) is 22.6 Å². The topological polar surface area (TPSA) is 69.0 Å². The molecule has 0 fully saturated rings. The third kappa shape index (κ3) is 7.67. The van der Waals surface area contributed by atoms with E-state index < -0.39 is 6.10 Å². The molecule has 0 bridgehead atoms. The van der Waals surface area contributed by atoms with Crippen molar-refractivity contribution < 1.29 is 19.3 Å². The summed E-state index contributed by atoms with van der Waals surface area (Å²) in [6.07, 6.45) is -0.633. The Labute approximate surface area is 202 Å². The number of rotatable bonds is 12. The highest BCUT2D eigenvalue weighted by atomic mass is 16.5. The summed E-state index contributed by atoms with van der Waals surface area (Å²) >= 11 is 0. The first-order chi connectivity index (χ1) is 16.3. The molecule has 3 rings (SSSR count). The number of methoxy groups -OCH3 is 1. The van der Waals surface area contributed by atoms with Gasteiger partial charge in [0.2, 0.25) is 5.88 Å². The van der Waals surface area contributed by atoms with Crippen molar-refractivity contribution in [3.05, 3.63) is 66.2 Å². The van der Waals surface area contributed by atoms with E-state index in [1.165, 1.54) is 0 Å². The molecular weight excluding hydrogens is 430 g/mol. The Hall–Kier alpha value is -2.71. The minimum absolute atomic E-state index is 0.263. The molecule has 0 amide bonds. The van der Waals surface area contributed by atoms with Crippen molar-refractivity contribution in [2.75, 3.05) is 33.4 Å². The number of aliphatic hydroxyl groups is 1. The van der Waals surface area contributed by atoms with Gasteiger partial charge in [0.15, 0.2) is 0 Å². The molecule has 0 radical (unpaired) electrons. The molecule has 2 aromatic carbocycles. The maximum absolute atomic E-state index is 10.7. The number of aromatic nitrogens is 2. The monoisotopic (exact) mass is 467 g/mol. The Bertz CT molecular complexity index is 1000. The van der Waals surface area contributed by atoms with Crippen molar-refractivity contribution in [3.63, 3.8) is 0 Å². The van der Waals surface area contributed by atoms with Crippen LogP contribution < -0.4 is 4.74 Å². The molecule has 3 aromatic rings. The highest BCUT2D eigenvalue weighted by Gasteiger charge is 2.24. The number of aliphatic hydroxyl groups excluding tert-OH is 1. The molecule has 1 N–H and O–H groups in total. The van der Waals surface area contributed by atoms with Crippen molar-refractivity contribution in [1.29, 1.82) is 0 Å². The van der Waals surface area contributed by atoms with E-state index in [4.69, 9.17) is 19.3 Å². The summed E-state index contributed by atoms with van der Waals surface area (Å²) in [6, 6.07) is 19.8. The highest BCUT2D eigenvalue weighted by Crippen LogP contribution is 2.34. The molecule has 0 unspecified atom stereocenters. The first kappa shape index (κ1) is 25.9. The van der Waals surface area contributed by atoms with Crippen LogP contribution in [0.1, 0.15) is 26.3 Å². The van der Waals surface area contributed by atoms with Crippen LogP contribution in [0.2, 0.25) is 0 Å². The van der Waals surface area contributed by atoms with E-state index in [1.807, 2.05) is 88.5 Å². The van der Waals surface area contributed by atoms with Gasteiger partial charge in [0.25, 0.3) is 0 Å². The Morgan fingerprint density at radius 2 is 1.68 bits per heavy atom. The summed E-state index contributed by atoms with van der Waals surface area (Å²) in [5.74, 6) is 1.42. The third-order valence-electron chi connectivity index (χ3n) is 5.26. The predicted molar refractivity (Wildman–Crippen MR) is 134 cm³/mol. The van der Waals surface area contributed by atoms with Crippen molar-refractivity contribution in [1.82, 2.24) is 14.7 Å². The van der Waals surface area contributed by atoms with Crippen LogP contribution in [0.5, 0.6) is 11.6 Å².